The van der Waals surface area contributed by atoms with Crippen LogP contribution in [0.1, 0.15) is 5.56 Å². The minimum atomic E-state index is -3.54. The average molecular weight is 429 g/mol. The zero-order valence-corrected chi connectivity index (χ0v) is 17.2. The molecule has 150 valence electrons. The van der Waals surface area contributed by atoms with Crippen LogP contribution in [0.25, 0.3) is 11.3 Å². The molecule has 3 aromatic rings. The molecule has 0 atom stereocenters. The SMILES string of the molecule is O=S(=O)(c1cccc(-c2csc(NN=Cc3ccccc3)n2)c1)N1CCOCC1. The highest BCUT2D eigenvalue weighted by Gasteiger charge is 2.26. The molecule has 7 nitrogen and oxygen atoms in total. The predicted molar refractivity (Wildman–Crippen MR) is 115 cm³/mol. The lowest BCUT2D eigenvalue weighted by molar-refractivity contribution is 0.0730. The Morgan fingerprint density at radius 1 is 1.10 bits per heavy atom. The fourth-order valence-electron chi connectivity index (χ4n) is 2.91. The predicted octanol–water partition coefficient (Wildman–Crippen LogP) is 3.28. The van der Waals surface area contributed by atoms with Crippen molar-refractivity contribution in [3.63, 3.8) is 0 Å². The van der Waals surface area contributed by atoms with Gasteiger partial charge in [0.1, 0.15) is 0 Å². The number of rotatable bonds is 6. The fraction of sp³-hybridized carbons (Fsp3) is 0.200. The second kappa shape index (κ2) is 8.83. The van der Waals surface area contributed by atoms with Crippen molar-refractivity contribution < 1.29 is 13.2 Å². The van der Waals surface area contributed by atoms with Crippen LogP contribution in [0, 0.1) is 0 Å². The van der Waals surface area contributed by atoms with Gasteiger partial charge in [-0.05, 0) is 17.7 Å². The quantitative estimate of drug-likeness (QED) is 0.481. The molecule has 1 aromatic heterocycles. The van der Waals surface area contributed by atoms with Gasteiger partial charge in [-0.1, -0.05) is 42.5 Å². The maximum atomic E-state index is 12.9. The highest BCUT2D eigenvalue weighted by molar-refractivity contribution is 7.89. The van der Waals surface area contributed by atoms with Crippen LogP contribution in [0.4, 0.5) is 5.13 Å². The molecule has 1 N–H and O–H groups in total. The number of hydrogen-bond acceptors (Lipinski definition) is 7. The lowest BCUT2D eigenvalue weighted by Crippen LogP contribution is -2.40. The molecule has 1 fully saturated rings. The van der Waals surface area contributed by atoms with Gasteiger partial charge < -0.3 is 4.74 Å². The van der Waals surface area contributed by atoms with Crippen LogP contribution in [-0.2, 0) is 14.8 Å². The van der Waals surface area contributed by atoms with E-state index in [1.165, 1.54) is 15.6 Å². The van der Waals surface area contributed by atoms with E-state index in [1.54, 1.807) is 24.4 Å². The summed E-state index contributed by atoms with van der Waals surface area (Å²) in [6.07, 6.45) is 1.72. The van der Waals surface area contributed by atoms with Crippen molar-refractivity contribution in [3.8, 4) is 11.3 Å². The molecule has 0 amide bonds. The molecule has 1 aliphatic rings. The second-order valence-corrected chi connectivity index (χ2v) is 9.16. The summed E-state index contributed by atoms with van der Waals surface area (Å²) >= 11 is 1.41. The van der Waals surface area contributed by atoms with Crippen molar-refractivity contribution in [1.29, 1.82) is 0 Å². The minimum Gasteiger partial charge on any atom is -0.379 e. The van der Waals surface area contributed by atoms with Gasteiger partial charge in [0.2, 0.25) is 15.2 Å². The summed E-state index contributed by atoms with van der Waals surface area (Å²) in [7, 11) is -3.54. The Hall–Kier alpha value is -2.59. The van der Waals surface area contributed by atoms with Crippen LogP contribution >= 0.6 is 11.3 Å². The topological polar surface area (TPSA) is 83.9 Å². The summed E-state index contributed by atoms with van der Waals surface area (Å²) < 4.78 is 32.5. The zero-order valence-electron chi connectivity index (χ0n) is 15.6. The normalized spacial score (nSPS) is 15.6. The highest BCUT2D eigenvalue weighted by atomic mass is 32.2. The van der Waals surface area contributed by atoms with Gasteiger partial charge in [-0.15, -0.1) is 11.3 Å². The number of anilines is 1. The fourth-order valence-corrected chi connectivity index (χ4v) is 5.03. The van der Waals surface area contributed by atoms with Gasteiger partial charge in [0.25, 0.3) is 0 Å². The molecule has 29 heavy (non-hydrogen) atoms. The van der Waals surface area contributed by atoms with Gasteiger partial charge in [-0.2, -0.15) is 9.41 Å². The minimum absolute atomic E-state index is 0.265. The third-order valence-corrected chi connectivity index (χ3v) is 7.06. The third-order valence-electron chi connectivity index (χ3n) is 4.42. The third kappa shape index (κ3) is 4.70. The molecule has 1 saturated heterocycles. The Morgan fingerprint density at radius 2 is 1.90 bits per heavy atom. The van der Waals surface area contributed by atoms with E-state index in [0.717, 1.165) is 11.1 Å². The van der Waals surface area contributed by atoms with Crippen LogP contribution in [0.15, 0.2) is 70.0 Å². The number of thiazole rings is 1. The Morgan fingerprint density at radius 3 is 2.69 bits per heavy atom. The number of nitrogens with zero attached hydrogens (tertiary/aromatic N) is 3. The number of morpholine rings is 1. The first-order chi connectivity index (χ1) is 14.1. The van der Waals surface area contributed by atoms with Gasteiger partial charge in [0, 0.05) is 24.0 Å². The number of benzene rings is 2. The molecule has 2 aromatic carbocycles. The van der Waals surface area contributed by atoms with E-state index in [1.807, 2.05) is 41.8 Å². The van der Waals surface area contributed by atoms with Crippen molar-refractivity contribution in [3.05, 3.63) is 65.5 Å². The summed E-state index contributed by atoms with van der Waals surface area (Å²) in [4.78, 5) is 4.78. The summed E-state index contributed by atoms with van der Waals surface area (Å²) in [6, 6.07) is 16.6. The first-order valence-corrected chi connectivity index (χ1v) is 11.4. The summed E-state index contributed by atoms with van der Waals surface area (Å²) in [5, 5.41) is 6.70. The van der Waals surface area contributed by atoms with Crippen LogP contribution in [-0.4, -0.2) is 50.2 Å². The number of ether oxygens (including phenoxy) is 1. The monoisotopic (exact) mass is 428 g/mol. The number of hydrazone groups is 1. The molecule has 0 spiro atoms. The van der Waals surface area contributed by atoms with E-state index in [9.17, 15) is 8.42 Å². The van der Waals surface area contributed by atoms with Gasteiger partial charge in [0.05, 0.1) is 30.0 Å². The van der Waals surface area contributed by atoms with Crippen molar-refractivity contribution in [1.82, 2.24) is 9.29 Å². The standard InChI is InChI=1S/C20H20N4O3S2/c25-29(26,24-9-11-27-12-10-24)18-8-4-7-17(13-18)19-15-28-20(22-19)23-21-14-16-5-2-1-3-6-16/h1-8,13-15H,9-12H2,(H,22,23). The first-order valence-electron chi connectivity index (χ1n) is 9.11. The maximum absolute atomic E-state index is 12.9. The van der Waals surface area contributed by atoms with E-state index >= 15 is 0 Å². The molecule has 4 rings (SSSR count). The van der Waals surface area contributed by atoms with Crippen molar-refractivity contribution >= 4 is 32.7 Å². The van der Waals surface area contributed by atoms with Crippen molar-refractivity contribution in [2.45, 2.75) is 4.90 Å². The molecule has 2 heterocycles. The molecule has 0 aliphatic carbocycles. The van der Waals surface area contributed by atoms with Crippen LogP contribution in [0.2, 0.25) is 0 Å². The lowest BCUT2D eigenvalue weighted by atomic mass is 10.2. The van der Waals surface area contributed by atoms with E-state index in [2.05, 4.69) is 15.5 Å². The Labute approximate surface area is 173 Å². The number of aromatic nitrogens is 1. The molecule has 0 saturated carbocycles. The van der Waals surface area contributed by atoms with Crippen LogP contribution in [0.3, 0.4) is 0 Å². The molecule has 1 aliphatic heterocycles. The zero-order chi connectivity index (χ0) is 20.1. The summed E-state index contributed by atoms with van der Waals surface area (Å²) in [6.45, 7) is 1.58. The molecular formula is C20H20N4O3S2. The second-order valence-electron chi connectivity index (χ2n) is 6.36. The number of sulfonamides is 1. The molecule has 0 unspecified atom stereocenters. The number of hydrogen-bond donors (Lipinski definition) is 1. The van der Waals surface area contributed by atoms with E-state index in [-0.39, 0.29) is 4.90 Å². The lowest BCUT2D eigenvalue weighted by Gasteiger charge is -2.26. The smallest absolute Gasteiger partial charge is 0.243 e. The molecule has 0 radical (unpaired) electrons. The summed E-state index contributed by atoms with van der Waals surface area (Å²) in [5.41, 5.74) is 5.35. The van der Waals surface area contributed by atoms with Gasteiger partial charge >= 0.3 is 0 Å². The molecular weight excluding hydrogens is 408 g/mol. The Bertz CT molecular complexity index is 1090. The van der Waals surface area contributed by atoms with Gasteiger partial charge in [0.15, 0.2) is 0 Å². The van der Waals surface area contributed by atoms with Crippen LogP contribution in [0.5, 0.6) is 0 Å². The van der Waals surface area contributed by atoms with E-state index in [0.29, 0.717) is 37.1 Å². The molecule has 9 heteroatoms. The van der Waals surface area contributed by atoms with E-state index in [4.69, 9.17) is 4.74 Å². The summed E-state index contributed by atoms with van der Waals surface area (Å²) in [5.74, 6) is 0. The van der Waals surface area contributed by atoms with E-state index < -0.39 is 10.0 Å². The maximum Gasteiger partial charge on any atom is 0.243 e. The Balaban J connectivity index is 1.49. The molecule has 0 bridgehead atoms. The van der Waals surface area contributed by atoms with Gasteiger partial charge in [-0.3, -0.25) is 5.43 Å². The highest BCUT2D eigenvalue weighted by Crippen LogP contribution is 2.28. The first kappa shape index (κ1) is 19.7. The number of nitrogens with one attached hydrogen (secondary N) is 1. The van der Waals surface area contributed by atoms with Crippen LogP contribution < -0.4 is 5.43 Å². The Kier molecular flexibility index (Phi) is 6.00. The van der Waals surface area contributed by atoms with Crippen molar-refractivity contribution in [2.24, 2.45) is 5.10 Å². The van der Waals surface area contributed by atoms with Gasteiger partial charge in [-0.25, -0.2) is 13.4 Å². The largest absolute Gasteiger partial charge is 0.379 e. The van der Waals surface area contributed by atoms with Crippen molar-refractivity contribution in [2.75, 3.05) is 31.7 Å². The average Bonchev–Trinajstić information content (AvgIpc) is 3.24.